The third kappa shape index (κ3) is 4.76. The Balaban J connectivity index is 1.49. The predicted molar refractivity (Wildman–Crippen MR) is 138 cm³/mol. The van der Waals surface area contributed by atoms with Crippen molar-refractivity contribution in [1.82, 2.24) is 24.4 Å². The second-order valence-corrected chi connectivity index (χ2v) is 9.82. The van der Waals surface area contributed by atoms with Gasteiger partial charge < -0.3 is 26.3 Å². The quantitative estimate of drug-likeness (QED) is 0.303. The molecule has 0 bridgehead atoms. The van der Waals surface area contributed by atoms with Gasteiger partial charge in [-0.25, -0.2) is 15.0 Å². The number of fused-ring (bicyclic) bond motifs is 3. The van der Waals surface area contributed by atoms with E-state index >= 15 is 0 Å². The van der Waals surface area contributed by atoms with Crippen molar-refractivity contribution in [3.8, 4) is 0 Å². The summed E-state index contributed by atoms with van der Waals surface area (Å²) >= 11 is 3.26. The SMILES string of the molecule is NC[C@H]1C[C@@H](C(=O)Nc2cccc(Br)n2)N(C(=O)Cn2c3ccc(C(F)(F)F)cc3c3c(N)ncnc32)C1. The Morgan fingerprint density at radius 3 is 2.68 bits per heavy atom. The van der Waals surface area contributed by atoms with Crippen molar-refractivity contribution in [2.24, 2.45) is 11.7 Å². The predicted octanol–water partition coefficient (Wildman–Crippen LogP) is 3.16. The van der Waals surface area contributed by atoms with Crippen LogP contribution in [0, 0.1) is 5.92 Å². The Kier molecular flexibility index (Phi) is 6.69. The van der Waals surface area contributed by atoms with Gasteiger partial charge in [-0.2, -0.15) is 13.2 Å². The number of alkyl halides is 3. The molecule has 5 rings (SSSR count). The van der Waals surface area contributed by atoms with E-state index in [0.717, 1.165) is 12.1 Å². The van der Waals surface area contributed by atoms with Gasteiger partial charge in [0, 0.05) is 11.9 Å². The number of halogens is 4. The molecule has 4 heterocycles. The highest BCUT2D eigenvalue weighted by Crippen LogP contribution is 2.37. The molecule has 1 aliphatic rings. The van der Waals surface area contributed by atoms with Crippen LogP contribution >= 0.6 is 15.9 Å². The lowest BCUT2D eigenvalue weighted by molar-refractivity contribution is -0.137. The number of amides is 2. The molecular weight excluding hydrogens is 569 g/mol. The summed E-state index contributed by atoms with van der Waals surface area (Å²) in [4.78, 5) is 40.5. The number of pyridine rings is 1. The highest BCUT2D eigenvalue weighted by Gasteiger charge is 2.39. The molecule has 1 saturated heterocycles. The van der Waals surface area contributed by atoms with E-state index < -0.39 is 29.6 Å². The normalized spacial score (nSPS) is 17.9. The summed E-state index contributed by atoms with van der Waals surface area (Å²) in [5, 5.41) is 3.13. The largest absolute Gasteiger partial charge is 0.416 e. The molecule has 1 fully saturated rings. The maximum atomic E-state index is 13.6. The number of rotatable bonds is 5. The number of hydrogen-bond donors (Lipinski definition) is 3. The average Bonchev–Trinajstić information content (AvgIpc) is 3.44. The van der Waals surface area contributed by atoms with Crippen LogP contribution in [0.1, 0.15) is 12.0 Å². The number of hydrogen-bond acceptors (Lipinski definition) is 7. The number of benzene rings is 1. The zero-order valence-electron chi connectivity index (χ0n) is 19.7. The minimum atomic E-state index is -4.57. The second kappa shape index (κ2) is 9.83. The monoisotopic (exact) mass is 590 g/mol. The highest BCUT2D eigenvalue weighted by molar-refractivity contribution is 9.10. The van der Waals surface area contributed by atoms with Crippen LogP contribution in [0.5, 0.6) is 0 Å². The number of nitrogen functional groups attached to an aromatic ring is 1. The van der Waals surface area contributed by atoms with E-state index in [4.69, 9.17) is 11.5 Å². The summed E-state index contributed by atoms with van der Waals surface area (Å²) in [5.41, 5.74) is 11.6. The van der Waals surface area contributed by atoms with Gasteiger partial charge in [0.2, 0.25) is 11.8 Å². The maximum Gasteiger partial charge on any atom is 0.416 e. The summed E-state index contributed by atoms with van der Waals surface area (Å²) in [6.45, 7) is 0.256. The molecular formula is C24H22BrF3N8O2. The molecule has 1 aromatic carbocycles. The number of carbonyl (C=O) groups is 2. The van der Waals surface area contributed by atoms with Crippen molar-refractivity contribution >= 4 is 61.3 Å². The van der Waals surface area contributed by atoms with Gasteiger partial charge in [-0.1, -0.05) is 6.07 Å². The van der Waals surface area contributed by atoms with E-state index in [1.54, 1.807) is 18.2 Å². The molecule has 14 heteroatoms. The smallest absolute Gasteiger partial charge is 0.383 e. The zero-order chi connectivity index (χ0) is 27.2. The Labute approximate surface area is 222 Å². The van der Waals surface area contributed by atoms with E-state index in [-0.39, 0.29) is 47.8 Å². The lowest BCUT2D eigenvalue weighted by Crippen LogP contribution is -2.44. The first-order valence-corrected chi connectivity index (χ1v) is 12.4. The number of nitrogens with one attached hydrogen (secondary N) is 1. The molecule has 10 nitrogen and oxygen atoms in total. The fraction of sp³-hybridized carbons (Fsp3) is 0.292. The van der Waals surface area contributed by atoms with Gasteiger partial charge in [0.05, 0.1) is 16.5 Å². The Bertz CT molecular complexity index is 1560. The van der Waals surface area contributed by atoms with Crippen molar-refractivity contribution in [1.29, 1.82) is 0 Å². The fourth-order valence-electron chi connectivity index (χ4n) is 4.81. The first kappa shape index (κ1) is 25.9. The van der Waals surface area contributed by atoms with Crippen LogP contribution in [0.2, 0.25) is 0 Å². The van der Waals surface area contributed by atoms with Gasteiger partial charge >= 0.3 is 6.18 Å². The van der Waals surface area contributed by atoms with Crippen LogP contribution in [0.15, 0.2) is 47.3 Å². The fourth-order valence-corrected chi connectivity index (χ4v) is 5.15. The number of anilines is 2. The molecule has 2 amide bonds. The number of carbonyl (C=O) groups excluding carboxylic acids is 2. The molecule has 0 spiro atoms. The van der Waals surface area contributed by atoms with Crippen LogP contribution in [0.4, 0.5) is 24.8 Å². The minimum absolute atomic E-state index is 0.00586. The number of nitrogens with two attached hydrogens (primary N) is 2. The van der Waals surface area contributed by atoms with Crippen molar-refractivity contribution in [2.75, 3.05) is 24.1 Å². The molecule has 5 N–H and O–H groups in total. The van der Waals surface area contributed by atoms with Gasteiger partial charge in [0.15, 0.2) is 0 Å². The zero-order valence-corrected chi connectivity index (χ0v) is 21.3. The number of aromatic nitrogens is 4. The van der Waals surface area contributed by atoms with Crippen molar-refractivity contribution in [3.63, 3.8) is 0 Å². The first-order chi connectivity index (χ1) is 18.1. The summed E-state index contributed by atoms with van der Waals surface area (Å²) in [5.74, 6) is -0.616. The maximum absolute atomic E-state index is 13.6. The molecule has 4 aromatic rings. The molecule has 38 heavy (non-hydrogen) atoms. The van der Waals surface area contributed by atoms with E-state index in [2.05, 4.69) is 36.2 Å². The Morgan fingerprint density at radius 1 is 1.18 bits per heavy atom. The summed E-state index contributed by atoms with van der Waals surface area (Å²) in [7, 11) is 0. The molecule has 0 unspecified atom stereocenters. The van der Waals surface area contributed by atoms with Crippen LogP contribution in [0.3, 0.4) is 0 Å². The first-order valence-electron chi connectivity index (χ1n) is 11.6. The lowest BCUT2D eigenvalue weighted by Gasteiger charge is -2.24. The third-order valence-corrected chi connectivity index (χ3v) is 7.04. The molecule has 0 saturated carbocycles. The van der Waals surface area contributed by atoms with E-state index in [1.165, 1.54) is 21.9 Å². The molecule has 1 aliphatic heterocycles. The van der Waals surface area contributed by atoms with E-state index in [1.807, 2.05) is 0 Å². The topological polar surface area (TPSA) is 145 Å². The van der Waals surface area contributed by atoms with Crippen LogP contribution in [-0.2, 0) is 22.3 Å². The van der Waals surface area contributed by atoms with Gasteiger partial charge in [-0.05, 0) is 65.1 Å². The molecule has 0 aliphatic carbocycles. The van der Waals surface area contributed by atoms with Gasteiger partial charge in [0.25, 0.3) is 0 Å². The molecule has 198 valence electrons. The van der Waals surface area contributed by atoms with Gasteiger partial charge in [-0.3, -0.25) is 9.59 Å². The molecule has 0 radical (unpaired) electrons. The van der Waals surface area contributed by atoms with Gasteiger partial charge in [0.1, 0.15) is 40.8 Å². The Morgan fingerprint density at radius 2 is 1.97 bits per heavy atom. The molecule has 3 aromatic heterocycles. The summed E-state index contributed by atoms with van der Waals surface area (Å²) in [6, 6.07) is 7.44. The number of likely N-dealkylation sites (tertiary alicyclic amines) is 1. The summed E-state index contributed by atoms with van der Waals surface area (Å²) < 4.78 is 42.3. The van der Waals surface area contributed by atoms with Crippen molar-refractivity contribution in [3.05, 3.63) is 52.9 Å². The summed E-state index contributed by atoms with van der Waals surface area (Å²) in [6.07, 6.45) is -3.03. The van der Waals surface area contributed by atoms with Crippen LogP contribution in [-0.4, -0.2) is 55.4 Å². The van der Waals surface area contributed by atoms with E-state index in [9.17, 15) is 22.8 Å². The lowest BCUT2D eigenvalue weighted by atomic mass is 10.1. The number of nitrogens with zero attached hydrogens (tertiary/aromatic N) is 5. The van der Waals surface area contributed by atoms with Crippen LogP contribution < -0.4 is 16.8 Å². The Hall–Kier alpha value is -3.78. The third-order valence-electron chi connectivity index (χ3n) is 6.60. The van der Waals surface area contributed by atoms with Gasteiger partial charge in [-0.15, -0.1) is 0 Å². The van der Waals surface area contributed by atoms with E-state index in [0.29, 0.717) is 22.4 Å². The minimum Gasteiger partial charge on any atom is -0.383 e. The highest BCUT2D eigenvalue weighted by atomic mass is 79.9. The van der Waals surface area contributed by atoms with Crippen LogP contribution in [0.25, 0.3) is 21.9 Å². The molecule has 2 atom stereocenters. The second-order valence-electron chi connectivity index (χ2n) is 9.01. The standard InChI is InChI=1S/C24H22BrF3N8O2/c25-17-2-1-3-18(33-17)34-23(38)16-6-12(8-29)9-35(16)19(37)10-36-15-5-4-13(24(26,27)28)7-14(15)20-21(30)31-11-32-22(20)36/h1-5,7,11-12,16H,6,8-10,29H2,(H2,30,31,32)(H,33,34,38)/t12-,16+/m1/s1. The van der Waals surface area contributed by atoms with Crippen molar-refractivity contribution < 1.29 is 22.8 Å². The van der Waals surface area contributed by atoms with Crippen molar-refractivity contribution in [2.45, 2.75) is 25.2 Å². The average molecular weight is 591 g/mol.